The van der Waals surface area contributed by atoms with Crippen LogP contribution in [0.2, 0.25) is 0 Å². The number of aliphatic carboxylic acids is 1. The summed E-state index contributed by atoms with van der Waals surface area (Å²) in [5.41, 5.74) is 4.73. The van der Waals surface area contributed by atoms with Crippen LogP contribution in [0.3, 0.4) is 0 Å². The van der Waals surface area contributed by atoms with Crippen molar-refractivity contribution < 1.29 is 29.0 Å². The van der Waals surface area contributed by atoms with Gasteiger partial charge in [-0.3, -0.25) is 4.79 Å². The van der Waals surface area contributed by atoms with Gasteiger partial charge in [0.1, 0.15) is 17.9 Å². The van der Waals surface area contributed by atoms with Crippen molar-refractivity contribution in [3.8, 4) is 5.75 Å². The van der Waals surface area contributed by atoms with Crippen LogP contribution in [0.1, 0.15) is 38.7 Å². The molecule has 37 heavy (non-hydrogen) atoms. The molecule has 8 nitrogen and oxygen atoms in total. The minimum absolute atomic E-state index is 0.123. The van der Waals surface area contributed by atoms with E-state index in [2.05, 4.69) is 10.3 Å². The minimum Gasteiger partial charge on any atom is -0.483 e. The fraction of sp³-hybridized carbons (Fsp3) is 0.207. The van der Waals surface area contributed by atoms with Gasteiger partial charge in [0, 0.05) is 35.5 Å². The number of aromatic amines is 1. The molecule has 0 radical (unpaired) electrons. The van der Waals surface area contributed by atoms with E-state index in [0.29, 0.717) is 23.3 Å². The van der Waals surface area contributed by atoms with Crippen molar-refractivity contribution in [1.82, 2.24) is 10.3 Å². The van der Waals surface area contributed by atoms with Crippen molar-refractivity contribution in [2.75, 3.05) is 6.61 Å². The highest BCUT2D eigenvalue weighted by molar-refractivity contribution is 5.92. The van der Waals surface area contributed by atoms with Gasteiger partial charge in [-0.2, -0.15) is 0 Å². The third kappa shape index (κ3) is 5.18. The summed E-state index contributed by atoms with van der Waals surface area (Å²) in [6, 6.07) is 19.2. The van der Waals surface area contributed by atoms with Crippen LogP contribution in [0, 0.1) is 6.92 Å². The number of rotatable bonds is 8. The average molecular weight is 499 g/mol. The molecule has 0 saturated carbocycles. The maximum absolute atomic E-state index is 12.7. The molecule has 0 fully saturated rings. The van der Waals surface area contributed by atoms with Crippen LogP contribution < -0.4 is 10.1 Å². The summed E-state index contributed by atoms with van der Waals surface area (Å²) in [7, 11) is 0. The maximum atomic E-state index is 12.7. The molecule has 0 saturated heterocycles. The Morgan fingerprint density at radius 1 is 1.14 bits per heavy atom. The van der Waals surface area contributed by atoms with E-state index in [9.17, 15) is 19.5 Å². The van der Waals surface area contributed by atoms with Crippen LogP contribution in [-0.2, 0) is 27.2 Å². The molecule has 0 aliphatic carbocycles. The molecule has 5 rings (SSSR count). The summed E-state index contributed by atoms with van der Waals surface area (Å²) < 4.78 is 11.5. The third-order valence-corrected chi connectivity index (χ3v) is 6.50. The van der Waals surface area contributed by atoms with Gasteiger partial charge in [0.2, 0.25) is 0 Å². The van der Waals surface area contributed by atoms with E-state index in [-0.39, 0.29) is 13.0 Å². The molecule has 2 heterocycles. The Balaban J connectivity index is 1.28. The summed E-state index contributed by atoms with van der Waals surface area (Å²) in [5, 5.41) is 13.2. The van der Waals surface area contributed by atoms with Crippen molar-refractivity contribution in [2.24, 2.45) is 0 Å². The lowest BCUT2D eigenvalue weighted by molar-refractivity contribution is -0.142. The average Bonchev–Trinajstić information content (AvgIpc) is 3.30. The van der Waals surface area contributed by atoms with E-state index < -0.39 is 30.0 Å². The number of cyclic esters (lactones) is 1. The molecule has 8 heteroatoms. The van der Waals surface area contributed by atoms with Crippen LogP contribution in [-0.4, -0.2) is 40.6 Å². The number of aromatic nitrogens is 1. The number of nitrogens with one attached hydrogen (secondary N) is 2. The number of H-pyrrole nitrogens is 1. The number of carboxylic acid groups (broad SMARTS) is 1. The SMILES string of the molecule is Cc1ccc(OCC(=O)N[C@@H](Cc2c[nH]c3ccccc23)C(=O)O)c([C@H]2Cc3ccccc3C(=O)O2)c1. The highest BCUT2D eigenvalue weighted by Gasteiger charge is 2.29. The number of carboxylic acids is 1. The molecule has 2 atom stereocenters. The predicted molar refractivity (Wildman–Crippen MR) is 137 cm³/mol. The number of esters is 1. The number of para-hydroxylation sites is 1. The normalized spacial score (nSPS) is 15.5. The first-order valence-corrected chi connectivity index (χ1v) is 12.0. The second-order valence-corrected chi connectivity index (χ2v) is 9.11. The molecule has 1 amide bonds. The van der Waals surface area contributed by atoms with Crippen molar-refractivity contribution in [1.29, 1.82) is 0 Å². The van der Waals surface area contributed by atoms with E-state index in [4.69, 9.17) is 9.47 Å². The van der Waals surface area contributed by atoms with Crippen LogP contribution in [0.5, 0.6) is 5.75 Å². The van der Waals surface area contributed by atoms with Crippen molar-refractivity contribution >= 4 is 28.7 Å². The summed E-state index contributed by atoms with van der Waals surface area (Å²) in [5.74, 6) is -1.70. The molecule has 3 aromatic carbocycles. The van der Waals surface area contributed by atoms with Crippen LogP contribution in [0.25, 0.3) is 10.9 Å². The number of hydrogen-bond acceptors (Lipinski definition) is 5. The molecule has 4 aromatic rings. The Hall–Kier alpha value is -4.59. The van der Waals surface area contributed by atoms with E-state index in [1.807, 2.05) is 55.5 Å². The van der Waals surface area contributed by atoms with E-state index in [1.165, 1.54) is 0 Å². The van der Waals surface area contributed by atoms with Gasteiger partial charge in [-0.15, -0.1) is 0 Å². The van der Waals surface area contributed by atoms with Gasteiger partial charge in [0.05, 0.1) is 5.56 Å². The Kier molecular flexibility index (Phi) is 6.64. The highest BCUT2D eigenvalue weighted by atomic mass is 16.5. The molecular weight excluding hydrogens is 472 g/mol. The number of hydrogen-bond donors (Lipinski definition) is 3. The molecule has 3 N–H and O–H groups in total. The molecule has 0 bridgehead atoms. The molecule has 0 spiro atoms. The van der Waals surface area contributed by atoms with Gasteiger partial charge < -0.3 is 24.9 Å². The number of carbonyl (C=O) groups is 3. The lowest BCUT2D eigenvalue weighted by Gasteiger charge is -2.26. The summed E-state index contributed by atoms with van der Waals surface area (Å²) in [6.45, 7) is 1.53. The van der Waals surface area contributed by atoms with Gasteiger partial charge in [0.15, 0.2) is 6.61 Å². The Bertz CT molecular complexity index is 1490. The maximum Gasteiger partial charge on any atom is 0.339 e. The molecule has 0 unspecified atom stereocenters. The summed E-state index contributed by atoms with van der Waals surface area (Å²) >= 11 is 0. The summed E-state index contributed by atoms with van der Waals surface area (Å²) in [4.78, 5) is 40.2. The van der Waals surface area contributed by atoms with Gasteiger partial charge in [-0.1, -0.05) is 48.0 Å². The van der Waals surface area contributed by atoms with Gasteiger partial charge in [0.25, 0.3) is 5.91 Å². The number of fused-ring (bicyclic) bond motifs is 2. The van der Waals surface area contributed by atoms with Crippen LogP contribution in [0.4, 0.5) is 0 Å². The summed E-state index contributed by atoms with van der Waals surface area (Å²) in [6.07, 6.45) is 1.80. The van der Waals surface area contributed by atoms with Crippen LogP contribution >= 0.6 is 0 Å². The number of benzene rings is 3. The zero-order valence-corrected chi connectivity index (χ0v) is 20.2. The van der Waals surface area contributed by atoms with Crippen molar-refractivity contribution in [3.05, 3.63) is 101 Å². The lowest BCUT2D eigenvalue weighted by Crippen LogP contribution is -2.44. The smallest absolute Gasteiger partial charge is 0.339 e. The van der Waals surface area contributed by atoms with E-state index in [0.717, 1.165) is 27.6 Å². The fourth-order valence-electron chi connectivity index (χ4n) is 4.66. The molecular formula is C29H26N2O6. The minimum atomic E-state index is -1.14. The molecule has 1 aliphatic rings. The first-order valence-electron chi connectivity index (χ1n) is 12.0. The zero-order chi connectivity index (χ0) is 25.9. The molecule has 1 aliphatic heterocycles. The lowest BCUT2D eigenvalue weighted by atomic mass is 9.93. The first kappa shape index (κ1) is 24.1. The topological polar surface area (TPSA) is 118 Å². The molecule has 188 valence electrons. The Morgan fingerprint density at radius 3 is 2.76 bits per heavy atom. The Morgan fingerprint density at radius 2 is 1.92 bits per heavy atom. The monoisotopic (exact) mass is 498 g/mol. The molecule has 1 aromatic heterocycles. The standard InChI is InChI=1S/C29H26N2O6/c1-17-10-11-25(22(12-17)26-14-18-6-2-3-8-21(18)29(35)37-26)36-16-27(32)31-24(28(33)34)13-19-15-30-23-9-5-4-7-20(19)23/h2-12,15,24,26,30H,13-14,16H2,1H3,(H,31,32)(H,33,34)/t24-,26+/m0/s1. The van der Waals surface area contributed by atoms with Crippen LogP contribution in [0.15, 0.2) is 72.9 Å². The van der Waals surface area contributed by atoms with Crippen molar-refractivity contribution in [2.45, 2.75) is 31.9 Å². The second kappa shape index (κ2) is 10.2. The number of aryl methyl sites for hydroxylation is 1. The highest BCUT2D eigenvalue weighted by Crippen LogP contribution is 2.36. The largest absolute Gasteiger partial charge is 0.483 e. The number of carbonyl (C=O) groups excluding carboxylic acids is 2. The second-order valence-electron chi connectivity index (χ2n) is 9.11. The Labute approximate surface area is 213 Å². The van der Waals surface area contributed by atoms with Crippen molar-refractivity contribution in [3.63, 3.8) is 0 Å². The fourth-order valence-corrected chi connectivity index (χ4v) is 4.66. The van der Waals surface area contributed by atoms with Gasteiger partial charge in [-0.25, -0.2) is 9.59 Å². The van der Waals surface area contributed by atoms with E-state index >= 15 is 0 Å². The van der Waals surface area contributed by atoms with E-state index in [1.54, 1.807) is 24.4 Å². The quantitative estimate of drug-likeness (QED) is 0.315. The van der Waals surface area contributed by atoms with Gasteiger partial charge in [-0.05, 0) is 42.3 Å². The number of ether oxygens (including phenoxy) is 2. The predicted octanol–water partition coefficient (Wildman–Crippen LogP) is 4.12. The first-order chi connectivity index (χ1) is 17.9. The third-order valence-electron chi connectivity index (χ3n) is 6.50. The van der Waals surface area contributed by atoms with Gasteiger partial charge >= 0.3 is 11.9 Å². The zero-order valence-electron chi connectivity index (χ0n) is 20.2. The number of amides is 1.